The molecule has 3 aliphatic rings. The number of nitrogens with zero attached hydrogens (tertiary/aromatic N) is 4. The van der Waals surface area contributed by atoms with Crippen LogP contribution in [0.1, 0.15) is 63.0 Å². The molecule has 3 aromatic rings. The van der Waals surface area contributed by atoms with Crippen LogP contribution in [-0.4, -0.2) is 44.9 Å². The normalized spacial score (nSPS) is 22.4. The fourth-order valence-corrected chi connectivity index (χ4v) is 5.42. The summed E-state index contributed by atoms with van der Waals surface area (Å²) in [6.45, 7) is 1.03. The molecule has 180 valence electrons. The van der Waals surface area contributed by atoms with E-state index in [2.05, 4.69) is 27.3 Å². The molecule has 4 N–H and O–H groups in total. The topological polar surface area (TPSA) is 112 Å². The van der Waals surface area contributed by atoms with E-state index in [1.807, 2.05) is 12.4 Å². The van der Waals surface area contributed by atoms with Gasteiger partial charge in [-0.3, -0.25) is 0 Å². The number of rotatable bonds is 7. The Balaban J connectivity index is 1.23. The molecule has 0 unspecified atom stereocenters. The summed E-state index contributed by atoms with van der Waals surface area (Å²) >= 11 is 0. The average molecular weight is 464 g/mol. The zero-order chi connectivity index (χ0) is 22.9. The van der Waals surface area contributed by atoms with Crippen LogP contribution in [0.5, 0.6) is 11.5 Å². The Hall–Kier alpha value is -3.07. The van der Waals surface area contributed by atoms with E-state index < -0.39 is 0 Å². The van der Waals surface area contributed by atoms with Crippen LogP contribution in [0.15, 0.2) is 24.5 Å². The molecule has 1 aliphatic heterocycles. The lowest BCUT2D eigenvalue weighted by Gasteiger charge is -2.27. The second-order valence-corrected chi connectivity index (χ2v) is 9.78. The summed E-state index contributed by atoms with van der Waals surface area (Å²) < 4.78 is 13.2. The molecule has 2 aromatic heterocycles. The number of imidazole rings is 1. The predicted molar refractivity (Wildman–Crippen MR) is 131 cm³/mol. The van der Waals surface area contributed by atoms with Crippen LogP contribution in [0, 0.1) is 0 Å². The third-order valence-corrected chi connectivity index (χ3v) is 7.39. The van der Waals surface area contributed by atoms with Gasteiger partial charge in [-0.15, -0.1) is 0 Å². The van der Waals surface area contributed by atoms with Gasteiger partial charge < -0.3 is 30.4 Å². The Kier molecular flexibility index (Phi) is 5.86. The number of benzene rings is 1. The molecule has 2 fully saturated rings. The summed E-state index contributed by atoms with van der Waals surface area (Å²) in [7, 11) is 0. The summed E-state index contributed by atoms with van der Waals surface area (Å²) in [4.78, 5) is 14.5. The van der Waals surface area contributed by atoms with Crippen LogP contribution in [0.25, 0.3) is 11.2 Å². The molecule has 0 bridgehead atoms. The molecule has 9 nitrogen and oxygen atoms in total. The maximum atomic E-state index is 6.10. The highest BCUT2D eigenvalue weighted by Gasteiger charge is 2.24. The molecule has 0 saturated heterocycles. The lowest BCUT2D eigenvalue weighted by molar-refractivity contribution is 0.174. The van der Waals surface area contributed by atoms with Crippen LogP contribution in [0.2, 0.25) is 0 Å². The van der Waals surface area contributed by atoms with Crippen LogP contribution < -0.4 is 25.8 Å². The number of nitrogens with one attached hydrogen (secondary N) is 2. The highest BCUT2D eigenvalue weighted by molar-refractivity contribution is 5.84. The average Bonchev–Trinajstić information content (AvgIpc) is 3.61. The lowest BCUT2D eigenvalue weighted by Crippen LogP contribution is -2.33. The maximum absolute atomic E-state index is 6.10. The van der Waals surface area contributed by atoms with E-state index in [0.717, 1.165) is 67.1 Å². The lowest BCUT2D eigenvalue weighted by atomic mass is 9.92. The molecule has 0 atom stereocenters. The van der Waals surface area contributed by atoms with Gasteiger partial charge in [-0.05, 0) is 62.6 Å². The van der Waals surface area contributed by atoms with E-state index in [1.54, 1.807) is 0 Å². The molecule has 2 aliphatic carbocycles. The third-order valence-electron chi connectivity index (χ3n) is 7.39. The molecule has 9 heteroatoms. The van der Waals surface area contributed by atoms with Gasteiger partial charge in [-0.2, -0.15) is 9.97 Å². The first kappa shape index (κ1) is 21.5. The van der Waals surface area contributed by atoms with Crippen molar-refractivity contribution in [1.82, 2.24) is 19.5 Å². The third kappa shape index (κ3) is 4.36. The predicted octanol–water partition coefficient (Wildman–Crippen LogP) is 4.01. The number of anilines is 2. The molecule has 0 spiro atoms. The van der Waals surface area contributed by atoms with E-state index in [0.29, 0.717) is 30.9 Å². The fraction of sp³-hybridized carbons (Fsp3) is 0.560. The van der Waals surface area contributed by atoms with Crippen molar-refractivity contribution in [1.29, 1.82) is 0 Å². The van der Waals surface area contributed by atoms with Gasteiger partial charge in [0.15, 0.2) is 28.5 Å². The van der Waals surface area contributed by atoms with Crippen LogP contribution >= 0.6 is 0 Å². The van der Waals surface area contributed by atoms with E-state index in [9.17, 15) is 0 Å². The summed E-state index contributed by atoms with van der Waals surface area (Å²) in [6, 6.07) is 7.26. The molecule has 1 aromatic carbocycles. The Bertz CT molecular complexity index is 1150. The Morgan fingerprint density at radius 1 is 1.00 bits per heavy atom. The maximum Gasteiger partial charge on any atom is 0.231 e. The second-order valence-electron chi connectivity index (χ2n) is 9.78. The van der Waals surface area contributed by atoms with Gasteiger partial charge in [0.1, 0.15) is 0 Å². The molecule has 34 heavy (non-hydrogen) atoms. The first-order valence-electron chi connectivity index (χ1n) is 12.6. The highest BCUT2D eigenvalue weighted by Crippen LogP contribution is 2.34. The minimum absolute atomic E-state index is 0.294. The monoisotopic (exact) mass is 463 g/mol. The zero-order valence-electron chi connectivity index (χ0n) is 19.5. The smallest absolute Gasteiger partial charge is 0.231 e. The minimum atomic E-state index is 0.294. The Labute approximate surface area is 199 Å². The Morgan fingerprint density at radius 3 is 2.68 bits per heavy atom. The largest absolute Gasteiger partial charge is 0.454 e. The number of ether oxygens (including phenoxy) is 2. The van der Waals surface area contributed by atoms with Gasteiger partial charge >= 0.3 is 0 Å². The van der Waals surface area contributed by atoms with Gasteiger partial charge in [-0.25, -0.2) is 4.98 Å². The van der Waals surface area contributed by atoms with E-state index in [-0.39, 0.29) is 0 Å². The summed E-state index contributed by atoms with van der Waals surface area (Å²) in [6.07, 6.45) is 11.9. The van der Waals surface area contributed by atoms with Crippen molar-refractivity contribution in [2.24, 2.45) is 5.73 Å². The zero-order valence-corrected chi connectivity index (χ0v) is 19.5. The van der Waals surface area contributed by atoms with Crippen molar-refractivity contribution in [3.05, 3.63) is 30.1 Å². The van der Waals surface area contributed by atoms with Crippen molar-refractivity contribution < 1.29 is 9.47 Å². The molecule has 0 amide bonds. The first-order chi connectivity index (χ1) is 16.7. The number of nitrogens with two attached hydrogens (primary N) is 1. The van der Waals surface area contributed by atoms with E-state index >= 15 is 0 Å². The van der Waals surface area contributed by atoms with Gasteiger partial charge in [0.25, 0.3) is 0 Å². The second kappa shape index (κ2) is 9.29. The van der Waals surface area contributed by atoms with Gasteiger partial charge in [0.2, 0.25) is 12.7 Å². The Morgan fingerprint density at radius 2 is 1.82 bits per heavy atom. The standard InChI is InChI=1S/C25H33N7O2/c26-17-6-8-18(9-7-17)29-25-30-23(22-24(31-25)32(14-28-22)19-3-1-2-4-19)27-12-11-16-5-10-20-21(13-16)34-15-33-20/h5,10,13-14,17-19H,1-4,6-9,11-12,15,26H2,(H2,27,29,30,31). The summed E-state index contributed by atoms with van der Waals surface area (Å²) in [5.74, 6) is 3.10. The molecule has 6 rings (SSSR count). The van der Waals surface area contributed by atoms with E-state index in [4.69, 9.17) is 30.2 Å². The van der Waals surface area contributed by atoms with Crippen molar-refractivity contribution in [3.63, 3.8) is 0 Å². The quantitative estimate of drug-likeness (QED) is 0.482. The van der Waals surface area contributed by atoms with Crippen molar-refractivity contribution in [2.45, 2.75) is 75.9 Å². The van der Waals surface area contributed by atoms with Crippen LogP contribution in [0.3, 0.4) is 0 Å². The van der Waals surface area contributed by atoms with Crippen molar-refractivity contribution >= 4 is 22.9 Å². The van der Waals surface area contributed by atoms with Gasteiger partial charge in [0.05, 0.1) is 6.33 Å². The molecule has 0 radical (unpaired) electrons. The van der Waals surface area contributed by atoms with Crippen molar-refractivity contribution in [2.75, 3.05) is 24.0 Å². The number of hydrogen-bond acceptors (Lipinski definition) is 8. The van der Waals surface area contributed by atoms with Gasteiger partial charge in [0, 0.05) is 24.7 Å². The minimum Gasteiger partial charge on any atom is -0.454 e. The number of hydrogen-bond donors (Lipinski definition) is 3. The molecular formula is C25H33N7O2. The van der Waals surface area contributed by atoms with E-state index in [1.165, 1.54) is 31.2 Å². The fourth-order valence-electron chi connectivity index (χ4n) is 5.42. The highest BCUT2D eigenvalue weighted by atomic mass is 16.7. The SMILES string of the molecule is NC1CCC(Nc2nc(NCCc3ccc4c(c3)OCO4)c3ncn(C4CCCC4)c3n2)CC1. The number of fused-ring (bicyclic) bond motifs is 2. The van der Waals surface area contributed by atoms with Crippen LogP contribution in [-0.2, 0) is 6.42 Å². The molecule has 3 heterocycles. The number of aromatic nitrogens is 4. The summed E-state index contributed by atoms with van der Waals surface area (Å²) in [5, 5.41) is 7.12. The molecular weight excluding hydrogens is 430 g/mol. The molecule has 2 saturated carbocycles. The van der Waals surface area contributed by atoms with Crippen molar-refractivity contribution in [3.8, 4) is 11.5 Å². The van der Waals surface area contributed by atoms with Crippen LogP contribution in [0.4, 0.5) is 11.8 Å². The summed E-state index contributed by atoms with van der Waals surface area (Å²) in [5.41, 5.74) is 9.05. The first-order valence-corrected chi connectivity index (χ1v) is 12.6. The van der Waals surface area contributed by atoms with Gasteiger partial charge in [-0.1, -0.05) is 18.9 Å².